The minimum absolute atomic E-state index is 0.101. The third-order valence-corrected chi connectivity index (χ3v) is 7.91. The van der Waals surface area contributed by atoms with Crippen molar-refractivity contribution >= 4 is 17.8 Å². The molecule has 0 spiro atoms. The van der Waals surface area contributed by atoms with Crippen LogP contribution in [0.1, 0.15) is 120 Å². The van der Waals surface area contributed by atoms with E-state index < -0.39 is 0 Å². The smallest absolute Gasteiger partial charge is 0.231 e. The largest absolute Gasteiger partial charge is 0.341 e. The molecule has 220 valence electrons. The van der Waals surface area contributed by atoms with Crippen molar-refractivity contribution in [2.24, 2.45) is 0 Å². The van der Waals surface area contributed by atoms with Crippen molar-refractivity contribution in [3.8, 4) is 0 Å². The molecular formula is C30H59N7O. The second-order valence-corrected chi connectivity index (χ2v) is 12.4. The molecule has 0 radical (unpaired) electrons. The van der Waals surface area contributed by atoms with E-state index in [2.05, 4.69) is 82.2 Å². The van der Waals surface area contributed by atoms with E-state index in [9.17, 15) is 0 Å². The summed E-state index contributed by atoms with van der Waals surface area (Å²) >= 11 is 0. The van der Waals surface area contributed by atoms with Crippen LogP contribution in [0.4, 0.5) is 17.8 Å². The van der Waals surface area contributed by atoms with Crippen LogP contribution < -0.4 is 14.7 Å². The van der Waals surface area contributed by atoms with Crippen molar-refractivity contribution in [3.63, 3.8) is 0 Å². The van der Waals surface area contributed by atoms with Crippen LogP contribution in [0.2, 0.25) is 0 Å². The molecular weight excluding hydrogens is 474 g/mol. The van der Waals surface area contributed by atoms with Gasteiger partial charge >= 0.3 is 0 Å². The van der Waals surface area contributed by atoms with Gasteiger partial charge < -0.3 is 19.5 Å². The maximum atomic E-state index is 5.87. The molecule has 1 fully saturated rings. The fraction of sp³-hybridized carbons (Fsp3) is 0.900. The van der Waals surface area contributed by atoms with Crippen LogP contribution in [-0.2, 0) is 4.84 Å². The van der Waals surface area contributed by atoms with Gasteiger partial charge in [-0.25, -0.2) is 0 Å². The van der Waals surface area contributed by atoms with E-state index in [1.807, 2.05) is 0 Å². The molecule has 2 rings (SSSR count). The highest BCUT2D eigenvalue weighted by Crippen LogP contribution is 2.40. The predicted octanol–water partition coefficient (Wildman–Crippen LogP) is 6.70. The minimum atomic E-state index is -0.101. The number of hydrogen-bond donors (Lipinski definition) is 0. The predicted molar refractivity (Wildman–Crippen MR) is 162 cm³/mol. The Morgan fingerprint density at radius 2 is 1.03 bits per heavy atom. The Morgan fingerprint density at radius 1 is 0.684 bits per heavy atom. The first-order valence-electron chi connectivity index (χ1n) is 15.4. The van der Waals surface area contributed by atoms with Crippen LogP contribution in [-0.4, -0.2) is 77.5 Å². The quantitative estimate of drug-likeness (QED) is 0.219. The zero-order chi connectivity index (χ0) is 28.3. The third kappa shape index (κ3) is 8.67. The van der Waals surface area contributed by atoms with Crippen molar-refractivity contribution in [1.29, 1.82) is 0 Å². The van der Waals surface area contributed by atoms with Gasteiger partial charge in [0, 0.05) is 50.3 Å². The summed E-state index contributed by atoms with van der Waals surface area (Å²) in [5.41, 5.74) is -0.201. The van der Waals surface area contributed by atoms with Crippen LogP contribution in [0.15, 0.2) is 0 Å². The van der Waals surface area contributed by atoms with Crippen LogP contribution in [0.5, 0.6) is 0 Å². The lowest BCUT2D eigenvalue weighted by atomic mass is 9.78. The highest BCUT2D eigenvalue weighted by Gasteiger charge is 2.47. The Hall–Kier alpha value is -1.67. The molecule has 1 aliphatic heterocycles. The van der Waals surface area contributed by atoms with Gasteiger partial charge in [-0.05, 0) is 66.2 Å². The Morgan fingerprint density at radius 3 is 1.34 bits per heavy atom. The van der Waals surface area contributed by atoms with Crippen LogP contribution in [0, 0.1) is 0 Å². The summed E-state index contributed by atoms with van der Waals surface area (Å²) in [4.78, 5) is 28.4. The molecule has 0 bridgehead atoms. The zero-order valence-electron chi connectivity index (χ0n) is 26.5. The van der Waals surface area contributed by atoms with Gasteiger partial charge in [0.2, 0.25) is 17.8 Å². The summed E-state index contributed by atoms with van der Waals surface area (Å²) < 4.78 is 0. The zero-order valence-corrected chi connectivity index (χ0v) is 26.5. The number of aromatic nitrogens is 3. The fourth-order valence-corrected chi connectivity index (χ4v) is 5.95. The normalized spacial score (nSPS) is 17.5. The third-order valence-electron chi connectivity index (χ3n) is 7.91. The molecule has 38 heavy (non-hydrogen) atoms. The first-order valence-corrected chi connectivity index (χ1v) is 15.4. The fourth-order valence-electron chi connectivity index (χ4n) is 5.95. The van der Waals surface area contributed by atoms with Gasteiger partial charge in [-0.2, -0.15) is 20.0 Å². The summed E-state index contributed by atoms with van der Waals surface area (Å²) in [6, 6.07) is 0.300. The van der Waals surface area contributed by atoms with Crippen molar-refractivity contribution in [2.45, 2.75) is 137 Å². The summed E-state index contributed by atoms with van der Waals surface area (Å²) in [7, 11) is 3.97. The number of unbranched alkanes of at least 4 members (excludes halogenated alkanes) is 4. The van der Waals surface area contributed by atoms with E-state index in [0.717, 1.165) is 108 Å². The highest BCUT2D eigenvalue weighted by molar-refractivity contribution is 5.47. The number of piperidine rings is 1. The molecule has 0 atom stereocenters. The monoisotopic (exact) mass is 533 g/mol. The number of hydrogen-bond acceptors (Lipinski definition) is 8. The Kier molecular flexibility index (Phi) is 13.0. The molecule has 0 N–H and O–H groups in total. The summed E-state index contributed by atoms with van der Waals surface area (Å²) in [5.74, 6) is 2.47. The lowest BCUT2D eigenvalue weighted by Gasteiger charge is -2.54. The van der Waals surface area contributed by atoms with Crippen LogP contribution >= 0.6 is 0 Å². The Balaban J connectivity index is 2.53. The second-order valence-electron chi connectivity index (χ2n) is 12.4. The number of hydroxylamine groups is 2. The van der Waals surface area contributed by atoms with Gasteiger partial charge in [0.15, 0.2) is 0 Å². The van der Waals surface area contributed by atoms with Crippen LogP contribution in [0.25, 0.3) is 0 Å². The molecule has 0 saturated carbocycles. The van der Waals surface area contributed by atoms with E-state index in [0.29, 0.717) is 6.04 Å². The Bertz CT molecular complexity index is 744. The van der Waals surface area contributed by atoms with Crippen molar-refractivity contribution in [2.75, 3.05) is 55.0 Å². The summed E-state index contributed by atoms with van der Waals surface area (Å²) in [6.45, 7) is 22.1. The lowest BCUT2D eigenvalue weighted by Crippen LogP contribution is -2.63. The van der Waals surface area contributed by atoms with E-state index in [1.54, 1.807) is 7.11 Å². The minimum Gasteiger partial charge on any atom is -0.341 e. The molecule has 8 heteroatoms. The van der Waals surface area contributed by atoms with Gasteiger partial charge in [-0.3, -0.25) is 0 Å². The SMILES string of the molecule is CCCCN(CCCC)c1nc(N(CCCC)CCCC)nc(N(C)C2CC(C)(C)N(OC)C(C)(C)C2)n1. The average molecular weight is 534 g/mol. The summed E-state index contributed by atoms with van der Waals surface area (Å²) in [5, 5.41) is 2.17. The van der Waals surface area contributed by atoms with Gasteiger partial charge in [0.05, 0.1) is 7.11 Å². The van der Waals surface area contributed by atoms with Crippen molar-refractivity contribution in [3.05, 3.63) is 0 Å². The standard InChI is InChI=1S/C30H59N7O/c1-11-15-19-35(20-16-12-2)27-31-26(32-28(33-27)36(21-17-13-3)22-18-14-4)34(9)25-23-29(5,6)37(38-10)30(7,8)24-25/h25H,11-24H2,1-10H3. The molecule has 0 aromatic carbocycles. The Labute approximate surface area is 234 Å². The maximum Gasteiger partial charge on any atom is 0.231 e. The average Bonchev–Trinajstić information content (AvgIpc) is 2.87. The van der Waals surface area contributed by atoms with E-state index >= 15 is 0 Å². The second kappa shape index (κ2) is 15.2. The van der Waals surface area contributed by atoms with Gasteiger partial charge in [0.1, 0.15) is 0 Å². The van der Waals surface area contributed by atoms with E-state index in [-0.39, 0.29) is 11.1 Å². The molecule has 1 saturated heterocycles. The summed E-state index contributed by atoms with van der Waals surface area (Å²) in [6.07, 6.45) is 11.2. The lowest BCUT2D eigenvalue weighted by molar-refractivity contribution is -0.266. The first-order chi connectivity index (χ1) is 18.0. The van der Waals surface area contributed by atoms with Gasteiger partial charge in [-0.15, -0.1) is 0 Å². The number of anilines is 3. The number of nitrogens with zero attached hydrogens (tertiary/aromatic N) is 7. The molecule has 1 aliphatic rings. The van der Waals surface area contributed by atoms with E-state index in [1.165, 1.54) is 0 Å². The highest BCUT2D eigenvalue weighted by atomic mass is 16.7. The maximum absolute atomic E-state index is 5.87. The van der Waals surface area contributed by atoms with Gasteiger partial charge in [-0.1, -0.05) is 53.4 Å². The topological polar surface area (TPSA) is 60.9 Å². The van der Waals surface area contributed by atoms with Crippen molar-refractivity contribution < 1.29 is 4.84 Å². The number of rotatable bonds is 17. The first kappa shape index (κ1) is 32.5. The van der Waals surface area contributed by atoms with Gasteiger partial charge in [0.25, 0.3) is 0 Å². The molecule has 0 unspecified atom stereocenters. The molecule has 1 aromatic heterocycles. The molecule has 8 nitrogen and oxygen atoms in total. The van der Waals surface area contributed by atoms with E-state index in [4.69, 9.17) is 19.8 Å². The van der Waals surface area contributed by atoms with Crippen molar-refractivity contribution in [1.82, 2.24) is 20.0 Å². The van der Waals surface area contributed by atoms with Crippen LogP contribution in [0.3, 0.4) is 0 Å². The molecule has 2 heterocycles. The molecule has 1 aromatic rings. The molecule has 0 aliphatic carbocycles. The molecule has 0 amide bonds.